The van der Waals surface area contributed by atoms with Gasteiger partial charge in [-0.05, 0) is 29.2 Å². The third-order valence-electron chi connectivity index (χ3n) is 2.74. The fraction of sp³-hybridized carbons (Fsp3) is 0.286. The van der Waals surface area contributed by atoms with Crippen molar-refractivity contribution in [3.63, 3.8) is 0 Å². The Morgan fingerprint density at radius 1 is 1.00 bits per heavy atom. The molecule has 2 rings (SSSR count). The molecule has 1 unspecified atom stereocenters. The highest BCUT2D eigenvalue weighted by atomic mass is 35.5. The number of rotatable bonds is 4. The highest BCUT2D eigenvalue weighted by molar-refractivity contribution is 6.22. The Balaban J connectivity index is 2.30. The van der Waals surface area contributed by atoms with E-state index >= 15 is 0 Å². The van der Waals surface area contributed by atoms with Crippen molar-refractivity contribution in [3.8, 4) is 0 Å². The average molecular weight is 253 g/mol. The van der Waals surface area contributed by atoms with Crippen LogP contribution in [0.1, 0.15) is 12.0 Å². The van der Waals surface area contributed by atoms with E-state index in [0.29, 0.717) is 5.88 Å². The first-order chi connectivity index (χ1) is 7.81. The van der Waals surface area contributed by atoms with Crippen LogP contribution in [0, 0.1) is 0 Å². The van der Waals surface area contributed by atoms with Gasteiger partial charge in [-0.15, -0.1) is 23.2 Å². The monoisotopic (exact) mass is 252 g/mol. The minimum Gasteiger partial charge on any atom is -0.127 e. The zero-order chi connectivity index (χ0) is 11.4. The van der Waals surface area contributed by atoms with E-state index in [-0.39, 0.29) is 5.38 Å². The van der Waals surface area contributed by atoms with Crippen LogP contribution in [0.2, 0.25) is 0 Å². The van der Waals surface area contributed by atoms with Crippen LogP contribution >= 0.6 is 23.2 Å². The van der Waals surface area contributed by atoms with Crippen molar-refractivity contribution in [2.75, 3.05) is 5.88 Å². The first-order valence-electron chi connectivity index (χ1n) is 5.48. The molecule has 2 aromatic carbocycles. The second-order valence-electron chi connectivity index (χ2n) is 3.92. The maximum absolute atomic E-state index is 6.23. The maximum atomic E-state index is 6.23. The van der Waals surface area contributed by atoms with Crippen LogP contribution in [0.25, 0.3) is 10.8 Å². The van der Waals surface area contributed by atoms with Gasteiger partial charge in [-0.2, -0.15) is 0 Å². The molecule has 0 aliphatic heterocycles. The predicted octanol–water partition coefficient (Wildman–Crippen LogP) is 4.62. The van der Waals surface area contributed by atoms with Crippen LogP contribution in [0.4, 0.5) is 0 Å². The van der Waals surface area contributed by atoms with E-state index < -0.39 is 0 Å². The van der Waals surface area contributed by atoms with Gasteiger partial charge in [0.1, 0.15) is 0 Å². The van der Waals surface area contributed by atoms with Crippen molar-refractivity contribution in [2.45, 2.75) is 18.2 Å². The molecule has 0 fully saturated rings. The molecule has 1 atom stereocenters. The number of alkyl halides is 2. The molecule has 0 nitrogen and oxygen atoms in total. The molecule has 0 N–H and O–H groups in total. The molecule has 0 aliphatic carbocycles. The lowest BCUT2D eigenvalue weighted by molar-refractivity contribution is 0.814. The lowest BCUT2D eigenvalue weighted by atomic mass is 10.0. The molecule has 0 aliphatic rings. The summed E-state index contributed by atoms with van der Waals surface area (Å²) in [6, 6.07) is 14.8. The third kappa shape index (κ3) is 2.69. The summed E-state index contributed by atoms with van der Waals surface area (Å²) in [4.78, 5) is 0. The summed E-state index contributed by atoms with van der Waals surface area (Å²) in [5.74, 6) is 0.624. The highest BCUT2D eigenvalue weighted by Gasteiger charge is 2.07. The molecule has 0 bridgehead atoms. The Morgan fingerprint density at radius 2 is 1.75 bits per heavy atom. The highest BCUT2D eigenvalue weighted by Crippen LogP contribution is 2.22. The summed E-state index contributed by atoms with van der Waals surface area (Å²) in [5, 5.41) is 2.70. The van der Waals surface area contributed by atoms with Gasteiger partial charge in [-0.3, -0.25) is 0 Å². The van der Waals surface area contributed by atoms with Gasteiger partial charge in [0, 0.05) is 11.3 Å². The van der Waals surface area contributed by atoms with E-state index in [1.807, 2.05) is 0 Å². The summed E-state index contributed by atoms with van der Waals surface area (Å²) in [6.07, 6.45) is 1.74. The number of hydrogen-bond donors (Lipinski definition) is 0. The lowest BCUT2D eigenvalue weighted by Crippen LogP contribution is -2.04. The number of hydrogen-bond acceptors (Lipinski definition) is 0. The SMILES string of the molecule is ClCCC(Cl)Cc1cccc2ccccc12. The number of fused-ring (bicyclic) bond motifs is 1. The van der Waals surface area contributed by atoms with Crippen LogP contribution in [-0.4, -0.2) is 11.3 Å². The molecule has 2 heteroatoms. The fourth-order valence-corrected chi connectivity index (χ4v) is 2.58. The van der Waals surface area contributed by atoms with Crippen LogP contribution in [0.5, 0.6) is 0 Å². The van der Waals surface area contributed by atoms with Crippen molar-refractivity contribution < 1.29 is 0 Å². The van der Waals surface area contributed by atoms with Crippen molar-refractivity contribution in [2.24, 2.45) is 0 Å². The number of halogens is 2. The Bertz CT molecular complexity index is 460. The molecule has 0 saturated heterocycles. The van der Waals surface area contributed by atoms with Gasteiger partial charge >= 0.3 is 0 Å². The van der Waals surface area contributed by atoms with Gasteiger partial charge in [0.2, 0.25) is 0 Å². The van der Waals surface area contributed by atoms with Crippen LogP contribution in [0.15, 0.2) is 42.5 Å². The predicted molar refractivity (Wildman–Crippen MR) is 72.6 cm³/mol. The first-order valence-corrected chi connectivity index (χ1v) is 6.45. The first kappa shape index (κ1) is 11.8. The smallest absolute Gasteiger partial charge is 0.0387 e. The van der Waals surface area contributed by atoms with E-state index in [1.165, 1.54) is 16.3 Å². The standard InChI is InChI=1S/C14H14Cl2/c15-9-8-13(16)10-12-6-3-5-11-4-1-2-7-14(11)12/h1-7,13H,8-10H2. The minimum atomic E-state index is 0.128. The van der Waals surface area contributed by atoms with Gasteiger partial charge in [0.25, 0.3) is 0 Å². The molecule has 0 aromatic heterocycles. The molecule has 16 heavy (non-hydrogen) atoms. The maximum Gasteiger partial charge on any atom is 0.0387 e. The zero-order valence-electron chi connectivity index (χ0n) is 9.00. The largest absolute Gasteiger partial charge is 0.127 e. The second kappa shape index (κ2) is 5.56. The molecule has 84 valence electrons. The normalized spacial score (nSPS) is 12.9. The quantitative estimate of drug-likeness (QED) is 0.697. The number of benzene rings is 2. The van der Waals surface area contributed by atoms with Gasteiger partial charge in [-0.1, -0.05) is 42.5 Å². The topological polar surface area (TPSA) is 0 Å². The van der Waals surface area contributed by atoms with E-state index in [4.69, 9.17) is 23.2 Å². The summed E-state index contributed by atoms with van der Waals surface area (Å²) >= 11 is 11.9. The van der Waals surface area contributed by atoms with E-state index in [0.717, 1.165) is 12.8 Å². The lowest BCUT2D eigenvalue weighted by Gasteiger charge is -2.10. The second-order valence-corrected chi connectivity index (χ2v) is 4.91. The molecule has 0 spiro atoms. The van der Waals surface area contributed by atoms with Crippen LogP contribution < -0.4 is 0 Å². The van der Waals surface area contributed by atoms with Crippen molar-refractivity contribution in [1.29, 1.82) is 0 Å². The van der Waals surface area contributed by atoms with Crippen LogP contribution in [-0.2, 0) is 6.42 Å². The minimum absolute atomic E-state index is 0.128. The Hall–Kier alpha value is -0.720. The molecule has 0 heterocycles. The zero-order valence-corrected chi connectivity index (χ0v) is 10.5. The van der Waals surface area contributed by atoms with Gasteiger partial charge < -0.3 is 0 Å². The summed E-state index contributed by atoms with van der Waals surface area (Å²) in [6.45, 7) is 0. The van der Waals surface area contributed by atoms with Crippen LogP contribution in [0.3, 0.4) is 0 Å². The Kier molecular flexibility index (Phi) is 4.09. The third-order valence-corrected chi connectivity index (χ3v) is 3.33. The van der Waals surface area contributed by atoms with Gasteiger partial charge in [-0.25, -0.2) is 0 Å². The average Bonchev–Trinajstić information content (AvgIpc) is 2.30. The molecular weight excluding hydrogens is 239 g/mol. The van der Waals surface area contributed by atoms with Gasteiger partial charge in [0.05, 0.1) is 0 Å². The van der Waals surface area contributed by atoms with E-state index in [9.17, 15) is 0 Å². The summed E-state index contributed by atoms with van der Waals surface area (Å²) in [7, 11) is 0. The van der Waals surface area contributed by atoms with Gasteiger partial charge in [0.15, 0.2) is 0 Å². The van der Waals surface area contributed by atoms with E-state index in [2.05, 4.69) is 42.5 Å². The Morgan fingerprint density at radius 3 is 2.56 bits per heavy atom. The Labute approximate surface area is 106 Å². The summed E-state index contributed by atoms with van der Waals surface area (Å²) in [5.41, 5.74) is 1.31. The molecule has 0 amide bonds. The molecule has 2 aromatic rings. The molecule has 0 radical (unpaired) electrons. The van der Waals surface area contributed by atoms with E-state index in [1.54, 1.807) is 0 Å². The molecular formula is C14H14Cl2. The summed E-state index contributed by atoms with van der Waals surface area (Å²) < 4.78 is 0. The molecule has 0 saturated carbocycles. The fourth-order valence-electron chi connectivity index (χ4n) is 1.93. The van der Waals surface area contributed by atoms with Crippen molar-refractivity contribution in [1.82, 2.24) is 0 Å². The van der Waals surface area contributed by atoms with Crippen molar-refractivity contribution in [3.05, 3.63) is 48.0 Å². The van der Waals surface area contributed by atoms with Crippen molar-refractivity contribution >= 4 is 34.0 Å².